The normalized spacial score (nSPS) is 20.1. The molecule has 1 N–H and O–H groups in total. The van der Waals surface area contributed by atoms with Gasteiger partial charge in [0, 0.05) is 13.5 Å². The second-order valence-electron chi connectivity index (χ2n) is 26.0. The van der Waals surface area contributed by atoms with Crippen LogP contribution in [0, 0.1) is 39.4 Å². The number of rotatable bonds is 33. The summed E-state index contributed by atoms with van der Waals surface area (Å²) in [5, 5.41) is 8.38. The molecule has 3 unspecified atom stereocenters. The van der Waals surface area contributed by atoms with Gasteiger partial charge in [-0.15, -0.1) is 0 Å². The average molecular weight is 1330 g/mol. The van der Waals surface area contributed by atoms with Gasteiger partial charge in [0.15, 0.2) is 16.6 Å². The number of alkyl halides is 6. The first-order valence-corrected chi connectivity index (χ1v) is 37.6. The molecule has 0 saturated heterocycles. The van der Waals surface area contributed by atoms with Crippen LogP contribution in [-0.2, 0) is 76.1 Å². The molecule has 86 heavy (non-hydrogen) atoms. The van der Waals surface area contributed by atoms with Gasteiger partial charge < -0.3 is 51.7 Å². The molecule has 4 fully saturated rings. The summed E-state index contributed by atoms with van der Waals surface area (Å²) in [5.41, 5.74) is -10.3. The quantitative estimate of drug-likeness (QED) is 0.0161. The molecule has 4 aliphatic rings. The van der Waals surface area contributed by atoms with Crippen LogP contribution >= 0.6 is 0 Å². The second kappa shape index (κ2) is 38.0. The topological polar surface area (TPSA) is 246 Å². The molecular weight excluding hydrogens is 1230 g/mol. The molecule has 4 aliphatic carbocycles. The maximum atomic E-state index is 13.7. The number of aliphatic hydroxyl groups is 1. The zero-order chi connectivity index (χ0) is 66.2. The van der Waals surface area contributed by atoms with Gasteiger partial charge in [0.1, 0.15) is 18.8 Å². The van der Waals surface area contributed by atoms with E-state index < -0.39 is 84.2 Å². The summed E-state index contributed by atoms with van der Waals surface area (Å²) >= 11 is 0. The summed E-state index contributed by atoms with van der Waals surface area (Å²) in [6, 6.07) is 2.31. The maximum Gasteiger partial charge on any atom is 1.00 e. The molecule has 0 aromatic heterocycles. The van der Waals surface area contributed by atoms with E-state index in [1.165, 1.54) is 18.9 Å². The molecule has 18 nitrogen and oxygen atoms in total. The van der Waals surface area contributed by atoms with Gasteiger partial charge in [-0.2, -0.15) is 26.3 Å². The van der Waals surface area contributed by atoms with Crippen molar-refractivity contribution in [2.75, 3.05) is 72.3 Å². The van der Waals surface area contributed by atoms with E-state index in [-0.39, 0.29) is 125 Å². The zero-order valence-electron chi connectivity index (χ0n) is 55.0. The Morgan fingerprint density at radius 1 is 0.640 bits per heavy atom. The zero-order valence-corrected chi connectivity index (χ0v) is 60.9. The minimum Gasteiger partial charge on any atom is -0.748 e. The van der Waals surface area contributed by atoms with E-state index in [2.05, 4.69) is 37.8 Å². The molecule has 4 rings (SSSR count). The van der Waals surface area contributed by atoms with E-state index >= 15 is 0 Å². The largest absolute Gasteiger partial charge is 1.00 e. The van der Waals surface area contributed by atoms with Gasteiger partial charge in [-0.1, -0.05) is 54.4 Å². The van der Waals surface area contributed by atoms with Crippen LogP contribution in [0.3, 0.4) is 0 Å². The summed E-state index contributed by atoms with van der Waals surface area (Å²) in [4.78, 5) is 60.2. The Morgan fingerprint density at radius 3 is 1.48 bits per heavy atom. The van der Waals surface area contributed by atoms with Crippen LogP contribution in [0.1, 0.15) is 167 Å². The molecule has 0 aliphatic heterocycles. The first-order chi connectivity index (χ1) is 38.8. The number of halogens is 6. The third kappa shape index (κ3) is 30.0. The molecule has 4 bridgehead atoms. The van der Waals surface area contributed by atoms with Crippen molar-refractivity contribution in [1.29, 1.82) is 0 Å². The van der Waals surface area contributed by atoms with Crippen LogP contribution < -0.4 is 51.4 Å². The molecule has 0 aromatic rings. The third-order valence-corrected chi connectivity index (χ3v) is 24.4. The van der Waals surface area contributed by atoms with Crippen molar-refractivity contribution in [3.8, 4) is 0 Å². The Hall–Kier alpha value is -1.29. The van der Waals surface area contributed by atoms with Crippen molar-refractivity contribution >= 4 is 56.6 Å². The molecule has 28 heteroatoms. The van der Waals surface area contributed by atoms with E-state index in [1.807, 2.05) is 55.4 Å². The van der Waals surface area contributed by atoms with Crippen LogP contribution in [-0.4, -0.2) is 160 Å². The number of ether oxygens (including phenoxy) is 8. The number of aliphatic hydroxyl groups excluding tert-OH is 1. The Balaban J connectivity index is 0. The molecule has 0 heterocycles. The predicted molar refractivity (Wildman–Crippen MR) is 312 cm³/mol. The minimum atomic E-state index is -6.43. The van der Waals surface area contributed by atoms with Crippen LogP contribution in [0.5, 0.6) is 0 Å². The van der Waals surface area contributed by atoms with E-state index in [0.29, 0.717) is 71.9 Å². The van der Waals surface area contributed by atoms with Crippen molar-refractivity contribution in [2.45, 2.75) is 228 Å². The molecule has 0 spiro atoms. The molecule has 0 amide bonds. The van der Waals surface area contributed by atoms with E-state index in [0.717, 1.165) is 31.7 Å². The fourth-order valence-corrected chi connectivity index (χ4v) is 19.8. The van der Waals surface area contributed by atoms with Crippen LogP contribution in [0.4, 0.5) is 26.3 Å². The van der Waals surface area contributed by atoms with E-state index in [9.17, 15) is 63.3 Å². The predicted octanol–water partition coefficient (Wildman–Crippen LogP) is 9.06. The van der Waals surface area contributed by atoms with E-state index in [1.54, 1.807) is 27.9 Å². The van der Waals surface area contributed by atoms with Gasteiger partial charge >= 0.3 is 99.2 Å². The Labute approximate surface area is 554 Å². The Morgan fingerprint density at radius 2 is 1.07 bits per heavy atom. The van der Waals surface area contributed by atoms with Crippen LogP contribution in [0.25, 0.3) is 0 Å². The number of carbonyl (C=O) groups is 5. The van der Waals surface area contributed by atoms with Gasteiger partial charge in [0.05, 0.1) is 89.7 Å². The average Bonchev–Trinajstić information content (AvgIpc) is 0.862. The first-order valence-electron chi connectivity index (χ1n) is 29.8. The summed E-state index contributed by atoms with van der Waals surface area (Å²) in [7, 11) is -7.67. The van der Waals surface area contributed by atoms with Crippen molar-refractivity contribution in [3.63, 3.8) is 0 Å². The molecule has 0 aromatic carbocycles. The monoisotopic (exact) mass is 1330 g/mol. The van der Waals surface area contributed by atoms with Gasteiger partial charge in [-0.05, 0) is 156 Å². The third-order valence-electron chi connectivity index (χ3n) is 16.1. The summed E-state index contributed by atoms with van der Waals surface area (Å²) in [6.45, 7) is 35.2. The van der Waals surface area contributed by atoms with Crippen molar-refractivity contribution in [3.05, 3.63) is 0 Å². The number of methoxy groups -OCH3 is 1. The summed E-state index contributed by atoms with van der Waals surface area (Å²) < 4.78 is 162. The second-order valence-corrected chi connectivity index (χ2v) is 36.2. The number of esters is 5. The number of unbranched alkanes of at least 4 members (excludes halogenated alkanes) is 1. The molecule has 502 valence electrons. The number of hydrogen-bond donors (Lipinski definition) is 1. The SMILES string of the molecule is CCC(C)(C)C(=O)OC12CC3CC(C1)CC(C(=O)OC(CS(=O)(=O)[O-])(C(F)(F)F)C(F)(F)F)(C3)C2.CCC(C)(C)C(=O)OCCO.CCC(C)C(=O)OCCOCCOCCOC.CCCC[Si](C)(C)O[Si](C)(C)CCCOC(=O)C(C)(C)CC.[K+]. The molecule has 3 atom stereocenters. The summed E-state index contributed by atoms with van der Waals surface area (Å²) in [6.07, 6.45) is -6.01. The Bertz CT molecular complexity index is 2140. The minimum absolute atomic E-state index is 0. The number of hydrogen-bond acceptors (Lipinski definition) is 18. The van der Waals surface area contributed by atoms with Crippen LogP contribution in [0.15, 0.2) is 0 Å². The van der Waals surface area contributed by atoms with Gasteiger partial charge in [-0.3, -0.25) is 24.0 Å². The first kappa shape index (κ1) is 86.8. The fourth-order valence-electron chi connectivity index (χ4n) is 9.91. The number of carbonyl (C=O) groups excluding carboxylic acids is 5. The molecule has 4 saturated carbocycles. The van der Waals surface area contributed by atoms with Crippen molar-refractivity contribution < 1.29 is 162 Å². The smallest absolute Gasteiger partial charge is 0.748 e. The Kier molecular flexibility index (Phi) is 38.4. The van der Waals surface area contributed by atoms with Gasteiger partial charge in [-0.25, -0.2) is 8.42 Å². The van der Waals surface area contributed by atoms with E-state index in [4.69, 9.17) is 42.4 Å². The van der Waals surface area contributed by atoms with Gasteiger partial charge in [0.2, 0.25) is 0 Å². The molecule has 0 radical (unpaired) electrons. The van der Waals surface area contributed by atoms with Crippen LogP contribution in [0.2, 0.25) is 38.3 Å². The van der Waals surface area contributed by atoms with Gasteiger partial charge in [0.25, 0.3) is 0 Å². The fraction of sp³-hybridized carbons (Fsp3) is 0.914. The summed E-state index contributed by atoms with van der Waals surface area (Å²) in [5.74, 6) is -6.65. The van der Waals surface area contributed by atoms with Crippen molar-refractivity contribution in [2.24, 2.45) is 39.4 Å². The van der Waals surface area contributed by atoms with Crippen molar-refractivity contribution in [1.82, 2.24) is 0 Å². The maximum absolute atomic E-state index is 13.7. The standard InChI is InChI=1S/C21H28F6O7S.C17H38O3Si2.C12H24O5.C8H16O3.K/c1-4-16(2,3)14(28)33-18-8-12-5-13(9-18)7-17(6-12,10-18)15(29)34-19(20(22,23)24,21(25,26)27)11-35(30,31)32;1-9-11-14-21(5,6)20-22(7,8)15-12-13-19-16(18)17(3,4)10-2;1-4-11(2)12(13)17-10-9-16-8-7-15-6-5-14-3;1-4-8(2,3)7(10)11-6-5-9;/h12-13H,4-11H2,1-3H3,(H,30,31,32);9-15H2,1-8H3;11H,4-10H2,1-3H3;9H,4-6H2,1-3H3;/q;;;;+1/p-1. The molecular formula is C58H105F6KO18SSi2.